The molecular weight excluding hydrogens is 222 g/mol. The topological polar surface area (TPSA) is 18.5 Å². The van der Waals surface area contributed by atoms with Crippen molar-refractivity contribution >= 4 is 0 Å². The van der Waals surface area contributed by atoms with Crippen molar-refractivity contribution < 1.29 is 0 Å². The molecule has 0 amide bonds. The Morgan fingerprint density at radius 3 is 2.56 bits per heavy atom. The van der Waals surface area contributed by atoms with Gasteiger partial charge in [-0.05, 0) is 45.4 Å². The van der Waals surface area contributed by atoms with E-state index < -0.39 is 0 Å². The lowest BCUT2D eigenvalue weighted by Gasteiger charge is -2.30. The first-order valence-electron chi connectivity index (χ1n) is 7.81. The SMILES string of the molecule is CCCNC(CN1CCCN(C)CC1)C(C)CC. The summed E-state index contributed by atoms with van der Waals surface area (Å²) in [4.78, 5) is 5.11. The van der Waals surface area contributed by atoms with E-state index in [-0.39, 0.29) is 0 Å². The van der Waals surface area contributed by atoms with Gasteiger partial charge < -0.3 is 15.1 Å². The fourth-order valence-corrected chi connectivity index (χ4v) is 2.62. The summed E-state index contributed by atoms with van der Waals surface area (Å²) in [5, 5.41) is 3.74. The second-order valence-corrected chi connectivity index (χ2v) is 5.90. The quantitative estimate of drug-likeness (QED) is 0.751. The van der Waals surface area contributed by atoms with Crippen LogP contribution in [0.3, 0.4) is 0 Å². The molecule has 2 unspecified atom stereocenters. The summed E-state index contributed by atoms with van der Waals surface area (Å²) in [5.41, 5.74) is 0. The molecule has 0 aromatic carbocycles. The maximum absolute atomic E-state index is 3.74. The van der Waals surface area contributed by atoms with Crippen molar-refractivity contribution in [1.29, 1.82) is 0 Å². The maximum Gasteiger partial charge on any atom is 0.0220 e. The summed E-state index contributed by atoms with van der Waals surface area (Å²) in [6, 6.07) is 0.665. The van der Waals surface area contributed by atoms with Gasteiger partial charge in [-0.15, -0.1) is 0 Å². The van der Waals surface area contributed by atoms with E-state index in [1.807, 2.05) is 0 Å². The molecule has 1 fully saturated rings. The van der Waals surface area contributed by atoms with Crippen LogP contribution in [0, 0.1) is 5.92 Å². The lowest BCUT2D eigenvalue weighted by molar-refractivity contribution is 0.215. The van der Waals surface area contributed by atoms with E-state index in [2.05, 4.69) is 42.9 Å². The van der Waals surface area contributed by atoms with E-state index >= 15 is 0 Å². The van der Waals surface area contributed by atoms with Gasteiger partial charge in [-0.2, -0.15) is 0 Å². The molecule has 1 aliphatic heterocycles. The van der Waals surface area contributed by atoms with Crippen LogP contribution in [0.15, 0.2) is 0 Å². The molecule has 18 heavy (non-hydrogen) atoms. The summed E-state index contributed by atoms with van der Waals surface area (Å²) in [5.74, 6) is 0.775. The smallest absolute Gasteiger partial charge is 0.0220 e. The second kappa shape index (κ2) is 8.89. The monoisotopic (exact) mass is 255 g/mol. The first kappa shape index (κ1) is 15.9. The van der Waals surface area contributed by atoms with Crippen LogP contribution in [0.25, 0.3) is 0 Å². The number of nitrogens with zero attached hydrogens (tertiary/aromatic N) is 2. The molecule has 1 heterocycles. The van der Waals surface area contributed by atoms with Gasteiger partial charge in [-0.1, -0.05) is 27.2 Å². The number of nitrogens with one attached hydrogen (secondary N) is 1. The molecule has 1 rings (SSSR count). The maximum atomic E-state index is 3.74. The number of hydrogen-bond donors (Lipinski definition) is 1. The minimum Gasteiger partial charge on any atom is -0.312 e. The van der Waals surface area contributed by atoms with Gasteiger partial charge in [0.15, 0.2) is 0 Å². The molecule has 108 valence electrons. The normalized spacial score (nSPS) is 22.7. The van der Waals surface area contributed by atoms with Crippen LogP contribution < -0.4 is 5.32 Å². The molecule has 0 bridgehead atoms. The Labute approximate surface area is 114 Å². The first-order valence-corrected chi connectivity index (χ1v) is 7.81. The highest BCUT2D eigenvalue weighted by molar-refractivity contribution is 4.78. The minimum absolute atomic E-state index is 0.665. The lowest BCUT2D eigenvalue weighted by atomic mass is 9.98. The van der Waals surface area contributed by atoms with Gasteiger partial charge >= 0.3 is 0 Å². The molecule has 1 saturated heterocycles. The Balaban J connectivity index is 2.42. The molecule has 0 aromatic heterocycles. The number of rotatable bonds is 7. The molecular formula is C15H33N3. The van der Waals surface area contributed by atoms with Crippen molar-refractivity contribution in [2.24, 2.45) is 5.92 Å². The van der Waals surface area contributed by atoms with Crippen LogP contribution in [-0.4, -0.2) is 62.2 Å². The highest BCUT2D eigenvalue weighted by Crippen LogP contribution is 2.11. The Morgan fingerprint density at radius 1 is 1.11 bits per heavy atom. The molecule has 3 heteroatoms. The van der Waals surface area contributed by atoms with Crippen molar-refractivity contribution in [3.8, 4) is 0 Å². The Hall–Kier alpha value is -0.120. The van der Waals surface area contributed by atoms with Gasteiger partial charge in [-0.3, -0.25) is 0 Å². The van der Waals surface area contributed by atoms with E-state index in [0.29, 0.717) is 6.04 Å². The highest BCUT2D eigenvalue weighted by Gasteiger charge is 2.20. The van der Waals surface area contributed by atoms with Crippen molar-refractivity contribution in [3.63, 3.8) is 0 Å². The average Bonchev–Trinajstić information content (AvgIpc) is 2.58. The van der Waals surface area contributed by atoms with Crippen LogP contribution in [0.4, 0.5) is 0 Å². The van der Waals surface area contributed by atoms with Crippen LogP contribution >= 0.6 is 0 Å². The van der Waals surface area contributed by atoms with Crippen molar-refractivity contribution in [2.75, 3.05) is 46.3 Å². The molecule has 0 radical (unpaired) electrons. The summed E-state index contributed by atoms with van der Waals surface area (Å²) in [7, 11) is 2.24. The molecule has 3 nitrogen and oxygen atoms in total. The highest BCUT2D eigenvalue weighted by atomic mass is 15.2. The van der Waals surface area contributed by atoms with Crippen molar-refractivity contribution in [1.82, 2.24) is 15.1 Å². The molecule has 1 aliphatic rings. The van der Waals surface area contributed by atoms with E-state index in [1.165, 1.54) is 52.0 Å². The molecule has 0 spiro atoms. The predicted octanol–water partition coefficient (Wildman–Crippen LogP) is 2.04. The average molecular weight is 255 g/mol. The van der Waals surface area contributed by atoms with Gasteiger partial charge in [0.25, 0.3) is 0 Å². The van der Waals surface area contributed by atoms with E-state index in [4.69, 9.17) is 0 Å². The van der Waals surface area contributed by atoms with E-state index in [9.17, 15) is 0 Å². The van der Waals surface area contributed by atoms with Crippen LogP contribution in [0.2, 0.25) is 0 Å². The van der Waals surface area contributed by atoms with Gasteiger partial charge in [-0.25, -0.2) is 0 Å². The third-order valence-electron chi connectivity index (χ3n) is 4.25. The zero-order chi connectivity index (χ0) is 13.4. The molecule has 0 aromatic rings. The predicted molar refractivity (Wildman–Crippen MR) is 80.1 cm³/mol. The zero-order valence-electron chi connectivity index (χ0n) is 12.9. The van der Waals surface area contributed by atoms with E-state index in [1.54, 1.807) is 0 Å². The summed E-state index contributed by atoms with van der Waals surface area (Å²) in [6.07, 6.45) is 3.82. The molecule has 2 atom stereocenters. The Kier molecular flexibility index (Phi) is 7.87. The fraction of sp³-hybridized carbons (Fsp3) is 1.00. The van der Waals surface area contributed by atoms with Gasteiger partial charge in [0.05, 0.1) is 0 Å². The Morgan fingerprint density at radius 2 is 1.89 bits per heavy atom. The summed E-state index contributed by atoms with van der Waals surface area (Å²) in [6.45, 7) is 14.3. The standard InChI is InChI=1S/C15H33N3/c1-5-8-16-15(14(3)6-2)13-18-10-7-9-17(4)11-12-18/h14-16H,5-13H2,1-4H3. The van der Waals surface area contributed by atoms with Crippen LogP contribution in [0.5, 0.6) is 0 Å². The Bertz CT molecular complexity index is 208. The summed E-state index contributed by atoms with van der Waals surface area (Å²) >= 11 is 0. The third-order valence-corrected chi connectivity index (χ3v) is 4.25. The number of likely N-dealkylation sites (N-methyl/N-ethyl adjacent to an activating group) is 1. The molecule has 1 N–H and O–H groups in total. The van der Waals surface area contributed by atoms with Crippen LogP contribution in [0.1, 0.15) is 40.0 Å². The molecule has 0 saturated carbocycles. The van der Waals surface area contributed by atoms with Gasteiger partial charge in [0.2, 0.25) is 0 Å². The second-order valence-electron chi connectivity index (χ2n) is 5.90. The van der Waals surface area contributed by atoms with Crippen LogP contribution in [-0.2, 0) is 0 Å². The zero-order valence-corrected chi connectivity index (χ0v) is 12.9. The van der Waals surface area contributed by atoms with Crippen molar-refractivity contribution in [3.05, 3.63) is 0 Å². The third kappa shape index (κ3) is 5.68. The number of hydrogen-bond acceptors (Lipinski definition) is 3. The first-order chi connectivity index (χ1) is 8.67. The van der Waals surface area contributed by atoms with Gasteiger partial charge in [0, 0.05) is 25.7 Å². The lowest BCUT2D eigenvalue weighted by Crippen LogP contribution is -2.46. The van der Waals surface area contributed by atoms with Gasteiger partial charge in [0.1, 0.15) is 0 Å². The van der Waals surface area contributed by atoms with Crippen molar-refractivity contribution in [2.45, 2.75) is 46.1 Å². The minimum atomic E-state index is 0.665. The largest absolute Gasteiger partial charge is 0.312 e. The molecule has 0 aliphatic carbocycles. The van der Waals surface area contributed by atoms with E-state index in [0.717, 1.165) is 12.5 Å². The fourth-order valence-electron chi connectivity index (χ4n) is 2.62. The summed E-state index contributed by atoms with van der Waals surface area (Å²) < 4.78 is 0.